The molecule has 4 nitrogen and oxygen atoms in total. The summed E-state index contributed by atoms with van der Waals surface area (Å²) < 4.78 is 5.05. The van der Waals surface area contributed by atoms with E-state index in [9.17, 15) is 4.79 Å². The van der Waals surface area contributed by atoms with Crippen molar-refractivity contribution in [2.24, 2.45) is 5.92 Å². The number of amides is 1. The molecule has 0 aliphatic heterocycles. The van der Waals surface area contributed by atoms with Crippen LogP contribution < -0.4 is 0 Å². The summed E-state index contributed by atoms with van der Waals surface area (Å²) in [5.41, 5.74) is 0.558. The summed E-state index contributed by atoms with van der Waals surface area (Å²) in [4.78, 5) is 13.4. The molecule has 15 heavy (non-hydrogen) atoms. The number of hydrogen-bond acceptors (Lipinski definition) is 3. The van der Waals surface area contributed by atoms with E-state index in [1.807, 2.05) is 0 Å². The molecule has 1 aromatic heterocycles. The van der Waals surface area contributed by atoms with Crippen molar-refractivity contribution in [2.45, 2.75) is 13.8 Å². The van der Waals surface area contributed by atoms with Crippen molar-refractivity contribution in [3.8, 4) is 6.07 Å². The van der Waals surface area contributed by atoms with Gasteiger partial charge in [0.15, 0.2) is 0 Å². The Morgan fingerprint density at radius 3 is 2.87 bits per heavy atom. The van der Waals surface area contributed by atoms with E-state index in [4.69, 9.17) is 9.68 Å². The summed E-state index contributed by atoms with van der Waals surface area (Å²) in [6.07, 6.45) is 1.49. The fourth-order valence-corrected chi connectivity index (χ4v) is 1.35. The van der Waals surface area contributed by atoms with Crippen LogP contribution in [-0.2, 0) is 0 Å². The Morgan fingerprint density at radius 2 is 2.40 bits per heavy atom. The van der Waals surface area contributed by atoms with Crippen LogP contribution in [0.1, 0.15) is 23.0 Å². The van der Waals surface area contributed by atoms with Gasteiger partial charge in [0.2, 0.25) is 0 Å². The topological polar surface area (TPSA) is 57.2 Å². The molecule has 1 atom stereocenters. The van der Waals surface area contributed by atoms with Gasteiger partial charge in [-0.05, 0) is 19.9 Å². The van der Waals surface area contributed by atoms with Gasteiger partial charge in [-0.2, -0.15) is 5.26 Å². The zero-order chi connectivity index (χ0) is 11.4. The summed E-state index contributed by atoms with van der Waals surface area (Å²) in [6, 6.07) is 3.74. The predicted octanol–water partition coefficient (Wildman–Crippen LogP) is 1.82. The van der Waals surface area contributed by atoms with Crippen LogP contribution in [0.3, 0.4) is 0 Å². The lowest BCUT2D eigenvalue weighted by atomic mass is 10.1. The van der Waals surface area contributed by atoms with Gasteiger partial charge in [-0.25, -0.2) is 0 Å². The van der Waals surface area contributed by atoms with Crippen LogP contribution in [0.4, 0.5) is 0 Å². The van der Waals surface area contributed by atoms with Crippen molar-refractivity contribution in [1.82, 2.24) is 4.90 Å². The van der Waals surface area contributed by atoms with Crippen molar-refractivity contribution in [2.75, 3.05) is 13.6 Å². The van der Waals surface area contributed by atoms with Crippen molar-refractivity contribution in [3.05, 3.63) is 23.7 Å². The maximum atomic E-state index is 11.8. The van der Waals surface area contributed by atoms with Gasteiger partial charge in [0.1, 0.15) is 5.76 Å². The lowest BCUT2D eigenvalue weighted by Gasteiger charge is -2.17. The first-order valence-electron chi connectivity index (χ1n) is 4.75. The van der Waals surface area contributed by atoms with E-state index < -0.39 is 0 Å². The van der Waals surface area contributed by atoms with Crippen LogP contribution in [-0.4, -0.2) is 24.4 Å². The van der Waals surface area contributed by atoms with Gasteiger partial charge in [0.25, 0.3) is 5.91 Å². The van der Waals surface area contributed by atoms with Crippen molar-refractivity contribution >= 4 is 5.91 Å². The maximum Gasteiger partial charge on any atom is 0.257 e. The molecule has 0 aliphatic rings. The van der Waals surface area contributed by atoms with Crippen molar-refractivity contribution in [3.63, 3.8) is 0 Å². The Balaban J connectivity index is 2.70. The van der Waals surface area contributed by atoms with E-state index in [-0.39, 0.29) is 11.8 Å². The third-order valence-corrected chi connectivity index (χ3v) is 2.20. The maximum absolute atomic E-state index is 11.8. The van der Waals surface area contributed by atoms with E-state index in [1.165, 1.54) is 11.2 Å². The van der Waals surface area contributed by atoms with Gasteiger partial charge in [0, 0.05) is 13.6 Å². The predicted molar refractivity (Wildman–Crippen MR) is 55.2 cm³/mol. The summed E-state index contributed by atoms with van der Waals surface area (Å²) in [7, 11) is 1.68. The summed E-state index contributed by atoms with van der Waals surface area (Å²) in [5, 5.41) is 8.64. The number of aryl methyl sites for hydroxylation is 1. The molecule has 0 saturated carbocycles. The third-order valence-electron chi connectivity index (χ3n) is 2.20. The minimum atomic E-state index is -0.161. The van der Waals surface area contributed by atoms with E-state index in [1.54, 1.807) is 27.0 Å². The minimum absolute atomic E-state index is 0.108. The third kappa shape index (κ3) is 2.59. The number of nitrogens with zero attached hydrogens (tertiary/aromatic N) is 2. The van der Waals surface area contributed by atoms with Crippen LogP contribution in [0.5, 0.6) is 0 Å². The Labute approximate surface area is 89.1 Å². The van der Waals surface area contributed by atoms with E-state index in [2.05, 4.69) is 6.07 Å². The molecule has 0 bridgehead atoms. The van der Waals surface area contributed by atoms with Crippen LogP contribution in [0.15, 0.2) is 16.7 Å². The second-order valence-corrected chi connectivity index (χ2v) is 3.61. The number of nitriles is 1. The molecular weight excluding hydrogens is 192 g/mol. The summed E-state index contributed by atoms with van der Waals surface area (Å²) in [6.45, 7) is 3.96. The molecular formula is C11H14N2O2. The van der Waals surface area contributed by atoms with E-state index in [0.717, 1.165) is 0 Å². The highest BCUT2D eigenvalue weighted by Crippen LogP contribution is 2.11. The number of carbonyl (C=O) groups excluding carboxylic acids is 1. The molecule has 0 aliphatic carbocycles. The molecule has 0 spiro atoms. The number of rotatable bonds is 3. The highest BCUT2D eigenvalue weighted by molar-refractivity contribution is 5.94. The zero-order valence-corrected chi connectivity index (χ0v) is 9.15. The molecule has 1 aromatic rings. The van der Waals surface area contributed by atoms with Gasteiger partial charge in [-0.15, -0.1) is 0 Å². The second-order valence-electron chi connectivity index (χ2n) is 3.61. The average molecular weight is 206 g/mol. The summed E-state index contributed by atoms with van der Waals surface area (Å²) >= 11 is 0. The molecule has 0 radical (unpaired) electrons. The first-order chi connectivity index (χ1) is 7.06. The molecule has 1 heterocycles. The van der Waals surface area contributed by atoms with E-state index >= 15 is 0 Å². The molecule has 0 N–H and O–H groups in total. The lowest BCUT2D eigenvalue weighted by molar-refractivity contribution is 0.0783. The quantitative estimate of drug-likeness (QED) is 0.758. The van der Waals surface area contributed by atoms with Crippen LogP contribution in [0.2, 0.25) is 0 Å². The fourth-order valence-electron chi connectivity index (χ4n) is 1.35. The highest BCUT2D eigenvalue weighted by atomic mass is 16.3. The lowest BCUT2D eigenvalue weighted by Crippen LogP contribution is -2.30. The molecule has 0 saturated heterocycles. The Kier molecular flexibility index (Phi) is 3.51. The van der Waals surface area contributed by atoms with Gasteiger partial charge in [-0.1, -0.05) is 0 Å². The monoisotopic (exact) mass is 206 g/mol. The molecule has 80 valence electrons. The Morgan fingerprint density at radius 1 is 1.73 bits per heavy atom. The fraction of sp³-hybridized carbons (Fsp3) is 0.455. The van der Waals surface area contributed by atoms with Gasteiger partial charge in [-0.3, -0.25) is 4.79 Å². The number of hydrogen-bond donors (Lipinski definition) is 0. The van der Waals surface area contributed by atoms with Gasteiger partial charge in [0.05, 0.1) is 23.8 Å². The van der Waals surface area contributed by atoms with Crippen molar-refractivity contribution < 1.29 is 9.21 Å². The largest absolute Gasteiger partial charge is 0.469 e. The Bertz CT molecular complexity index is 390. The summed E-state index contributed by atoms with van der Waals surface area (Å²) in [5.74, 6) is 0.339. The molecule has 0 fully saturated rings. The normalized spacial score (nSPS) is 11.9. The number of carbonyl (C=O) groups is 1. The van der Waals surface area contributed by atoms with Gasteiger partial charge >= 0.3 is 0 Å². The minimum Gasteiger partial charge on any atom is -0.469 e. The highest BCUT2D eigenvalue weighted by Gasteiger charge is 2.17. The molecule has 1 unspecified atom stereocenters. The van der Waals surface area contributed by atoms with Crippen molar-refractivity contribution in [1.29, 1.82) is 5.26 Å². The van der Waals surface area contributed by atoms with Crippen LogP contribution in [0, 0.1) is 24.2 Å². The standard InChI is InChI=1S/C11H14N2O2/c1-8(6-12)7-13(3)11(14)10-4-5-15-9(10)2/h4-5,8H,7H2,1-3H3. The SMILES string of the molecule is Cc1occc1C(=O)N(C)CC(C)C#N. The molecule has 1 amide bonds. The number of furan rings is 1. The Hall–Kier alpha value is -1.76. The zero-order valence-electron chi connectivity index (χ0n) is 9.15. The molecule has 0 aromatic carbocycles. The molecule has 1 rings (SSSR count). The van der Waals surface area contributed by atoms with E-state index in [0.29, 0.717) is 17.9 Å². The molecule has 4 heteroatoms. The second kappa shape index (κ2) is 4.65. The van der Waals surface area contributed by atoms with Gasteiger partial charge < -0.3 is 9.32 Å². The van der Waals surface area contributed by atoms with Crippen LogP contribution >= 0.6 is 0 Å². The van der Waals surface area contributed by atoms with Crippen LogP contribution in [0.25, 0.3) is 0 Å². The first-order valence-corrected chi connectivity index (χ1v) is 4.75. The smallest absolute Gasteiger partial charge is 0.257 e. The average Bonchev–Trinajstić information content (AvgIpc) is 2.63. The first kappa shape index (κ1) is 11.3.